The van der Waals surface area contributed by atoms with E-state index in [4.69, 9.17) is 5.26 Å². The molecule has 0 aromatic heterocycles. The van der Waals surface area contributed by atoms with Crippen LogP contribution in [0.4, 0.5) is 4.79 Å². The molecule has 0 radical (unpaired) electrons. The zero-order valence-electron chi connectivity index (χ0n) is 7.13. The van der Waals surface area contributed by atoms with E-state index in [9.17, 15) is 4.79 Å². The summed E-state index contributed by atoms with van der Waals surface area (Å²) in [6.45, 7) is 1.91. The molecule has 0 bridgehead atoms. The highest BCUT2D eigenvalue weighted by Crippen LogP contribution is 1.92. The molecular weight excluding hydrogens is 158 g/mol. The van der Waals surface area contributed by atoms with E-state index in [0.717, 1.165) is 6.42 Å². The lowest BCUT2D eigenvalue weighted by atomic mass is 10.2. The maximum absolute atomic E-state index is 10.5. The van der Waals surface area contributed by atoms with Gasteiger partial charge < -0.3 is 5.32 Å². The lowest BCUT2D eigenvalue weighted by Gasteiger charge is -1.95. The van der Waals surface area contributed by atoms with Crippen molar-refractivity contribution in [2.75, 3.05) is 7.05 Å². The lowest BCUT2D eigenvalue weighted by molar-refractivity contribution is 0.153. The van der Waals surface area contributed by atoms with Crippen molar-refractivity contribution in [1.82, 2.24) is 5.32 Å². The van der Waals surface area contributed by atoms with Gasteiger partial charge in [0, 0.05) is 13.5 Å². The summed E-state index contributed by atoms with van der Waals surface area (Å²) in [5, 5.41) is 14.0. The van der Waals surface area contributed by atoms with Gasteiger partial charge in [-0.3, -0.25) is 4.84 Å². The SMILES string of the molecule is CCCC(C#N)=NOC(=O)NC. The van der Waals surface area contributed by atoms with Gasteiger partial charge >= 0.3 is 6.09 Å². The van der Waals surface area contributed by atoms with Crippen molar-refractivity contribution in [2.45, 2.75) is 19.8 Å². The zero-order valence-corrected chi connectivity index (χ0v) is 7.13. The van der Waals surface area contributed by atoms with Gasteiger partial charge in [-0.1, -0.05) is 12.1 Å². The van der Waals surface area contributed by atoms with Crippen molar-refractivity contribution in [3.63, 3.8) is 0 Å². The number of carbonyl (C=O) groups is 1. The number of nitriles is 1. The second-order valence-corrected chi connectivity index (χ2v) is 2.03. The van der Waals surface area contributed by atoms with Crippen molar-refractivity contribution in [3.05, 3.63) is 0 Å². The highest BCUT2D eigenvalue weighted by molar-refractivity contribution is 5.98. The fourth-order valence-corrected chi connectivity index (χ4v) is 0.501. The Morgan fingerprint density at radius 3 is 2.83 bits per heavy atom. The van der Waals surface area contributed by atoms with Gasteiger partial charge in [0.25, 0.3) is 0 Å². The Morgan fingerprint density at radius 2 is 2.42 bits per heavy atom. The summed E-state index contributed by atoms with van der Waals surface area (Å²) < 4.78 is 0. The molecule has 5 nitrogen and oxygen atoms in total. The van der Waals surface area contributed by atoms with Gasteiger partial charge in [-0.15, -0.1) is 0 Å². The van der Waals surface area contributed by atoms with Crippen LogP contribution in [0.3, 0.4) is 0 Å². The van der Waals surface area contributed by atoms with Crippen LogP contribution in [0.5, 0.6) is 0 Å². The normalized spacial score (nSPS) is 10.2. The Labute approximate surface area is 71.0 Å². The van der Waals surface area contributed by atoms with Crippen molar-refractivity contribution < 1.29 is 9.63 Å². The molecule has 0 aliphatic rings. The topological polar surface area (TPSA) is 74.5 Å². The first-order chi connectivity index (χ1) is 5.74. The van der Waals surface area contributed by atoms with E-state index >= 15 is 0 Å². The molecule has 0 aliphatic carbocycles. The second kappa shape index (κ2) is 6.16. The van der Waals surface area contributed by atoms with Crippen molar-refractivity contribution in [3.8, 4) is 6.07 Å². The third-order valence-electron chi connectivity index (χ3n) is 1.06. The molecule has 1 N–H and O–H groups in total. The molecule has 0 spiro atoms. The van der Waals surface area contributed by atoms with E-state index in [-0.39, 0.29) is 5.71 Å². The Morgan fingerprint density at radius 1 is 1.75 bits per heavy atom. The largest absolute Gasteiger partial charge is 0.433 e. The fourth-order valence-electron chi connectivity index (χ4n) is 0.501. The molecule has 0 saturated carbocycles. The number of hydrogen-bond donors (Lipinski definition) is 1. The first-order valence-electron chi connectivity index (χ1n) is 3.60. The van der Waals surface area contributed by atoms with Crippen LogP contribution >= 0.6 is 0 Å². The Balaban J connectivity index is 3.95. The van der Waals surface area contributed by atoms with Gasteiger partial charge in [-0.25, -0.2) is 4.79 Å². The van der Waals surface area contributed by atoms with E-state index in [2.05, 4.69) is 15.3 Å². The van der Waals surface area contributed by atoms with Crippen LogP contribution in [0, 0.1) is 11.3 Å². The first-order valence-corrected chi connectivity index (χ1v) is 3.60. The number of hydrogen-bond acceptors (Lipinski definition) is 4. The molecule has 0 unspecified atom stereocenters. The predicted octanol–water partition coefficient (Wildman–Crippen LogP) is 1.02. The van der Waals surface area contributed by atoms with Crippen LogP contribution in [0.15, 0.2) is 5.16 Å². The smallest absolute Gasteiger partial charge is 0.323 e. The van der Waals surface area contributed by atoms with E-state index < -0.39 is 6.09 Å². The first kappa shape index (κ1) is 10.4. The average Bonchev–Trinajstić information content (AvgIpc) is 2.11. The minimum absolute atomic E-state index is 0.223. The maximum Gasteiger partial charge on any atom is 0.433 e. The van der Waals surface area contributed by atoms with Crippen molar-refractivity contribution >= 4 is 11.8 Å². The van der Waals surface area contributed by atoms with Crippen molar-refractivity contribution in [2.24, 2.45) is 5.16 Å². The van der Waals surface area contributed by atoms with Crippen molar-refractivity contribution in [1.29, 1.82) is 5.26 Å². The molecule has 0 fully saturated rings. The van der Waals surface area contributed by atoms with Crippen LogP contribution in [0.1, 0.15) is 19.8 Å². The third-order valence-corrected chi connectivity index (χ3v) is 1.06. The maximum atomic E-state index is 10.5. The summed E-state index contributed by atoms with van der Waals surface area (Å²) in [5.74, 6) is 0. The minimum atomic E-state index is -0.668. The van der Waals surface area contributed by atoms with Crippen LogP contribution in [0.25, 0.3) is 0 Å². The number of nitrogens with zero attached hydrogens (tertiary/aromatic N) is 2. The predicted molar refractivity (Wildman–Crippen MR) is 43.5 cm³/mol. The number of amides is 1. The van der Waals surface area contributed by atoms with E-state index in [1.165, 1.54) is 7.05 Å². The van der Waals surface area contributed by atoms with Gasteiger partial charge in [-0.05, 0) is 6.42 Å². The van der Waals surface area contributed by atoms with Gasteiger partial charge in [-0.2, -0.15) is 5.26 Å². The highest BCUT2D eigenvalue weighted by Gasteiger charge is 1.99. The average molecular weight is 169 g/mol. The van der Waals surface area contributed by atoms with Gasteiger partial charge in [0.15, 0.2) is 5.71 Å². The molecule has 66 valence electrons. The fraction of sp³-hybridized carbons (Fsp3) is 0.571. The lowest BCUT2D eigenvalue weighted by Crippen LogP contribution is -2.17. The number of rotatable bonds is 3. The summed E-state index contributed by atoms with van der Waals surface area (Å²) in [7, 11) is 1.42. The van der Waals surface area contributed by atoms with Crippen LogP contribution in [-0.2, 0) is 4.84 Å². The summed E-state index contributed by atoms with van der Waals surface area (Å²) in [4.78, 5) is 14.8. The molecule has 0 atom stereocenters. The molecular formula is C7H11N3O2. The number of carbonyl (C=O) groups excluding carboxylic acids is 1. The molecule has 0 aromatic carbocycles. The Bertz CT molecular complexity index is 217. The number of oxime groups is 1. The molecule has 0 aromatic rings. The van der Waals surface area contributed by atoms with Crippen LogP contribution in [-0.4, -0.2) is 18.9 Å². The standard InChI is InChI=1S/C7H11N3O2/c1-3-4-6(5-8)10-12-7(11)9-2/h3-4H2,1-2H3,(H,9,11). The molecule has 0 saturated heterocycles. The minimum Gasteiger partial charge on any atom is -0.323 e. The van der Waals surface area contributed by atoms with Gasteiger partial charge in [0.1, 0.15) is 6.07 Å². The quantitative estimate of drug-likeness (QED) is 0.389. The van der Waals surface area contributed by atoms with Gasteiger partial charge in [0.05, 0.1) is 0 Å². The van der Waals surface area contributed by atoms with E-state index in [1.807, 2.05) is 13.0 Å². The third kappa shape index (κ3) is 4.28. The van der Waals surface area contributed by atoms with E-state index in [1.54, 1.807) is 0 Å². The van der Waals surface area contributed by atoms with Gasteiger partial charge in [0.2, 0.25) is 0 Å². The second-order valence-electron chi connectivity index (χ2n) is 2.03. The summed E-state index contributed by atoms with van der Waals surface area (Å²) in [5.41, 5.74) is 0.223. The summed E-state index contributed by atoms with van der Waals surface area (Å²) in [6, 6.07) is 1.83. The molecule has 0 aliphatic heterocycles. The van der Waals surface area contributed by atoms with E-state index in [0.29, 0.717) is 6.42 Å². The Kier molecular flexibility index (Phi) is 5.35. The number of nitrogens with one attached hydrogen (secondary N) is 1. The monoisotopic (exact) mass is 169 g/mol. The van der Waals surface area contributed by atoms with Crippen LogP contribution in [0.2, 0.25) is 0 Å². The Hall–Kier alpha value is -1.57. The summed E-state index contributed by atoms with van der Waals surface area (Å²) in [6.07, 6.45) is 0.649. The molecule has 5 heteroatoms. The zero-order chi connectivity index (χ0) is 9.40. The molecule has 0 heterocycles. The summed E-state index contributed by atoms with van der Waals surface area (Å²) >= 11 is 0. The van der Waals surface area contributed by atoms with Crippen LogP contribution < -0.4 is 5.32 Å². The molecule has 12 heavy (non-hydrogen) atoms. The molecule has 1 amide bonds. The highest BCUT2D eigenvalue weighted by atomic mass is 16.7. The molecule has 0 rings (SSSR count).